The molecule has 0 bridgehead atoms. The lowest BCUT2D eigenvalue weighted by atomic mass is 10.0. The number of anilines is 1. The molecule has 0 aliphatic rings. The Morgan fingerprint density at radius 1 is 1.03 bits per heavy atom. The Labute approximate surface area is 204 Å². The average molecular weight is 485 g/mol. The van der Waals surface area contributed by atoms with Gasteiger partial charge in [-0.1, -0.05) is 36.4 Å². The summed E-state index contributed by atoms with van der Waals surface area (Å²) in [5, 5.41) is 18.7. The Balaban J connectivity index is 1.76. The van der Waals surface area contributed by atoms with Gasteiger partial charge in [-0.05, 0) is 41.5 Å². The molecule has 0 aliphatic carbocycles. The molecule has 0 saturated heterocycles. The molecule has 9 heteroatoms. The van der Waals surface area contributed by atoms with Crippen molar-refractivity contribution in [3.8, 4) is 40.1 Å². The maximum atomic E-state index is 14.6. The molecule has 4 aromatic rings. The standard InChI is InChI=1S/C27H17F2N3O4/c1-32(27(34)35)20-7-4-6-17(11-20)19-9-16(14-30)10-21(12-19)36-26-24(29)13-23(28)25(31-26)22-8-3-2-5-18(22)15-33/h2-13,15H,1H3,(H,34,35). The fraction of sp³-hybridized carbons (Fsp3) is 0.0370. The normalized spacial score (nSPS) is 10.4. The minimum atomic E-state index is -1.15. The van der Waals surface area contributed by atoms with Crippen molar-refractivity contribution in [1.82, 2.24) is 4.98 Å². The van der Waals surface area contributed by atoms with Gasteiger partial charge < -0.3 is 9.84 Å². The van der Waals surface area contributed by atoms with Gasteiger partial charge in [0.25, 0.3) is 5.88 Å². The molecule has 1 amide bonds. The molecule has 36 heavy (non-hydrogen) atoms. The minimum Gasteiger partial charge on any atom is -0.465 e. The first-order chi connectivity index (χ1) is 17.3. The lowest BCUT2D eigenvalue weighted by molar-refractivity contribution is 0.112. The molecule has 0 radical (unpaired) electrons. The number of nitriles is 1. The Bertz CT molecular complexity index is 1530. The van der Waals surface area contributed by atoms with Gasteiger partial charge in [-0.15, -0.1) is 0 Å². The first-order valence-electron chi connectivity index (χ1n) is 10.5. The first kappa shape index (κ1) is 24.0. The van der Waals surface area contributed by atoms with Crippen molar-refractivity contribution < 1.29 is 28.2 Å². The second-order valence-corrected chi connectivity index (χ2v) is 7.66. The van der Waals surface area contributed by atoms with E-state index in [2.05, 4.69) is 4.98 Å². The molecule has 3 aromatic carbocycles. The smallest absolute Gasteiger partial charge is 0.411 e. The number of amides is 1. The zero-order valence-corrected chi connectivity index (χ0v) is 18.8. The summed E-state index contributed by atoms with van der Waals surface area (Å²) in [6, 6.07) is 19.8. The molecular formula is C27H17F2N3O4. The number of rotatable bonds is 6. The molecule has 0 fully saturated rings. The molecule has 1 heterocycles. The zero-order valence-electron chi connectivity index (χ0n) is 18.8. The summed E-state index contributed by atoms with van der Waals surface area (Å²) in [7, 11) is 1.39. The van der Waals surface area contributed by atoms with Gasteiger partial charge in [0, 0.05) is 29.9 Å². The lowest BCUT2D eigenvalue weighted by Crippen LogP contribution is -2.23. The number of benzene rings is 3. The van der Waals surface area contributed by atoms with Gasteiger partial charge in [0.05, 0.1) is 11.6 Å². The fourth-order valence-corrected chi connectivity index (χ4v) is 3.53. The molecule has 0 unspecified atom stereocenters. The third-order valence-electron chi connectivity index (χ3n) is 5.34. The predicted octanol–water partition coefficient (Wildman–Crippen LogP) is 6.28. The second-order valence-electron chi connectivity index (χ2n) is 7.66. The van der Waals surface area contributed by atoms with Crippen molar-refractivity contribution in [2.45, 2.75) is 0 Å². The number of carbonyl (C=O) groups is 2. The van der Waals surface area contributed by atoms with Crippen molar-refractivity contribution >= 4 is 18.1 Å². The first-order valence-corrected chi connectivity index (χ1v) is 10.5. The number of nitrogens with zero attached hydrogens (tertiary/aromatic N) is 3. The number of carbonyl (C=O) groups excluding carboxylic acids is 1. The fourth-order valence-electron chi connectivity index (χ4n) is 3.53. The van der Waals surface area contributed by atoms with Crippen LogP contribution in [0.1, 0.15) is 15.9 Å². The van der Waals surface area contributed by atoms with Crippen LogP contribution in [0, 0.1) is 23.0 Å². The maximum absolute atomic E-state index is 14.6. The van der Waals surface area contributed by atoms with Gasteiger partial charge in [0.1, 0.15) is 11.4 Å². The monoisotopic (exact) mass is 485 g/mol. The SMILES string of the molecule is CN(C(=O)O)c1cccc(-c2cc(C#N)cc(Oc3nc(-c4ccccc4C=O)c(F)cc3F)c2)c1. The van der Waals surface area contributed by atoms with E-state index in [-0.39, 0.29) is 28.1 Å². The second kappa shape index (κ2) is 10.0. The van der Waals surface area contributed by atoms with Crippen LogP contribution < -0.4 is 9.64 Å². The summed E-state index contributed by atoms with van der Waals surface area (Å²) in [4.78, 5) is 27.7. The number of carboxylic acid groups (broad SMARTS) is 1. The molecule has 0 saturated carbocycles. The third-order valence-corrected chi connectivity index (χ3v) is 5.34. The van der Waals surface area contributed by atoms with E-state index in [0.29, 0.717) is 29.2 Å². The molecule has 0 aliphatic heterocycles. The highest BCUT2D eigenvalue weighted by Gasteiger charge is 2.18. The molecule has 0 atom stereocenters. The van der Waals surface area contributed by atoms with Gasteiger partial charge >= 0.3 is 6.09 Å². The molecule has 178 valence electrons. The van der Waals surface area contributed by atoms with Gasteiger partial charge in [-0.3, -0.25) is 9.69 Å². The number of halogens is 2. The van der Waals surface area contributed by atoms with E-state index >= 15 is 0 Å². The Hall–Kier alpha value is -5.10. The van der Waals surface area contributed by atoms with Crippen molar-refractivity contribution in [3.63, 3.8) is 0 Å². The third kappa shape index (κ3) is 4.88. The van der Waals surface area contributed by atoms with Crippen LogP contribution in [0.3, 0.4) is 0 Å². The van der Waals surface area contributed by atoms with Crippen LogP contribution in [0.25, 0.3) is 22.4 Å². The van der Waals surface area contributed by atoms with Crippen LogP contribution >= 0.6 is 0 Å². The topological polar surface area (TPSA) is 104 Å². The predicted molar refractivity (Wildman–Crippen MR) is 128 cm³/mol. The molecule has 1 aromatic heterocycles. The highest BCUT2D eigenvalue weighted by molar-refractivity contribution is 5.87. The summed E-state index contributed by atoms with van der Waals surface area (Å²) < 4.78 is 34.8. The van der Waals surface area contributed by atoms with Crippen LogP contribution in [0.5, 0.6) is 11.6 Å². The van der Waals surface area contributed by atoms with Crippen LogP contribution in [-0.2, 0) is 0 Å². The highest BCUT2D eigenvalue weighted by atomic mass is 19.1. The summed E-state index contributed by atoms with van der Waals surface area (Å²) in [6.07, 6.45) is -0.606. The van der Waals surface area contributed by atoms with Crippen LogP contribution in [0.15, 0.2) is 72.8 Å². The van der Waals surface area contributed by atoms with E-state index in [1.807, 2.05) is 6.07 Å². The molecule has 1 N–H and O–H groups in total. The molecular weight excluding hydrogens is 468 g/mol. The number of ether oxygens (including phenoxy) is 1. The Morgan fingerprint density at radius 2 is 1.81 bits per heavy atom. The van der Waals surface area contributed by atoms with Gasteiger partial charge in [0.2, 0.25) is 0 Å². The minimum absolute atomic E-state index is 0.0497. The Kier molecular flexibility index (Phi) is 6.70. The van der Waals surface area contributed by atoms with E-state index in [1.54, 1.807) is 42.5 Å². The van der Waals surface area contributed by atoms with Crippen molar-refractivity contribution in [1.29, 1.82) is 5.26 Å². The summed E-state index contributed by atoms with van der Waals surface area (Å²) in [5.74, 6) is -2.55. The summed E-state index contributed by atoms with van der Waals surface area (Å²) in [5.41, 5.74) is 1.73. The van der Waals surface area contributed by atoms with Gasteiger partial charge in [-0.2, -0.15) is 5.26 Å². The number of pyridine rings is 1. The van der Waals surface area contributed by atoms with Crippen molar-refractivity contribution in [2.24, 2.45) is 0 Å². The summed E-state index contributed by atoms with van der Waals surface area (Å²) >= 11 is 0. The summed E-state index contributed by atoms with van der Waals surface area (Å²) in [6.45, 7) is 0. The van der Waals surface area contributed by atoms with E-state index < -0.39 is 23.6 Å². The van der Waals surface area contributed by atoms with E-state index in [1.165, 1.54) is 31.3 Å². The van der Waals surface area contributed by atoms with Crippen LogP contribution in [0.4, 0.5) is 19.3 Å². The van der Waals surface area contributed by atoms with Gasteiger partial charge in [0.15, 0.2) is 17.9 Å². The lowest BCUT2D eigenvalue weighted by Gasteiger charge is -2.15. The average Bonchev–Trinajstić information content (AvgIpc) is 2.89. The van der Waals surface area contributed by atoms with E-state index in [9.17, 15) is 28.7 Å². The van der Waals surface area contributed by atoms with Crippen molar-refractivity contribution in [3.05, 3.63) is 95.6 Å². The number of hydrogen-bond donors (Lipinski definition) is 1. The number of hydrogen-bond acceptors (Lipinski definition) is 5. The molecule has 0 spiro atoms. The van der Waals surface area contributed by atoms with Gasteiger partial charge in [-0.25, -0.2) is 18.6 Å². The van der Waals surface area contributed by atoms with E-state index in [4.69, 9.17) is 4.74 Å². The highest BCUT2D eigenvalue weighted by Crippen LogP contribution is 2.33. The van der Waals surface area contributed by atoms with Crippen LogP contribution in [0.2, 0.25) is 0 Å². The van der Waals surface area contributed by atoms with E-state index in [0.717, 1.165) is 4.90 Å². The number of aromatic nitrogens is 1. The Morgan fingerprint density at radius 3 is 2.53 bits per heavy atom. The number of aldehydes is 1. The molecule has 7 nitrogen and oxygen atoms in total. The largest absolute Gasteiger partial charge is 0.465 e. The van der Waals surface area contributed by atoms with Crippen molar-refractivity contribution in [2.75, 3.05) is 11.9 Å². The zero-order chi connectivity index (χ0) is 25.8. The quantitative estimate of drug-likeness (QED) is 0.322. The molecule has 4 rings (SSSR count). The maximum Gasteiger partial charge on any atom is 0.411 e. The van der Waals surface area contributed by atoms with Crippen LogP contribution in [-0.4, -0.2) is 29.5 Å².